The van der Waals surface area contributed by atoms with Crippen LogP contribution in [0.4, 0.5) is 0 Å². The van der Waals surface area contributed by atoms with Gasteiger partial charge < -0.3 is 4.98 Å². The molecule has 14 heavy (non-hydrogen) atoms. The molecule has 0 bridgehead atoms. The van der Waals surface area contributed by atoms with Crippen molar-refractivity contribution in [3.63, 3.8) is 0 Å². The second kappa shape index (κ2) is 4.66. The van der Waals surface area contributed by atoms with Crippen molar-refractivity contribution < 1.29 is 0 Å². The number of rotatable bonds is 4. The lowest BCUT2D eigenvalue weighted by molar-refractivity contribution is 0.821. The van der Waals surface area contributed by atoms with Crippen LogP contribution in [0.25, 0.3) is 0 Å². The Labute approximate surface area is 84.8 Å². The molecule has 0 aliphatic heterocycles. The Morgan fingerprint density at radius 2 is 1.64 bits per heavy atom. The second-order valence-electron chi connectivity index (χ2n) is 3.56. The van der Waals surface area contributed by atoms with Crippen molar-refractivity contribution in [2.75, 3.05) is 0 Å². The summed E-state index contributed by atoms with van der Waals surface area (Å²) in [5, 5.41) is 0. The predicted octanol–water partition coefficient (Wildman–Crippen LogP) is 3.19. The Morgan fingerprint density at radius 3 is 2.36 bits per heavy atom. The molecular weight excluding hydrogens is 170 g/mol. The molecule has 0 unspecified atom stereocenters. The summed E-state index contributed by atoms with van der Waals surface area (Å²) in [6.45, 7) is 0. The van der Waals surface area contributed by atoms with Crippen LogP contribution in [0.2, 0.25) is 0 Å². The molecule has 0 saturated carbocycles. The number of aryl methyl sites for hydroxylation is 2. The molecule has 0 saturated heterocycles. The first-order valence-corrected chi connectivity index (χ1v) is 5.11. The third-order valence-corrected chi connectivity index (χ3v) is 2.44. The van der Waals surface area contributed by atoms with E-state index in [9.17, 15) is 0 Å². The topological polar surface area (TPSA) is 15.8 Å². The molecule has 1 heterocycles. The highest BCUT2D eigenvalue weighted by molar-refractivity contribution is 5.15. The Balaban J connectivity index is 1.79. The van der Waals surface area contributed by atoms with E-state index in [1.165, 1.54) is 30.4 Å². The van der Waals surface area contributed by atoms with E-state index in [1.54, 1.807) is 0 Å². The molecule has 0 amide bonds. The normalized spacial score (nSPS) is 10.3. The van der Waals surface area contributed by atoms with Crippen molar-refractivity contribution >= 4 is 0 Å². The highest BCUT2D eigenvalue weighted by atomic mass is 14.6. The summed E-state index contributed by atoms with van der Waals surface area (Å²) in [6, 6.07) is 12.8. The number of aromatic amines is 1. The molecule has 0 fully saturated rings. The van der Waals surface area contributed by atoms with Crippen LogP contribution in [0.5, 0.6) is 0 Å². The van der Waals surface area contributed by atoms with Gasteiger partial charge in [-0.05, 0) is 36.5 Å². The van der Waals surface area contributed by atoms with Gasteiger partial charge in [0, 0.05) is 12.4 Å². The van der Waals surface area contributed by atoms with Crippen LogP contribution in [-0.4, -0.2) is 4.98 Å². The summed E-state index contributed by atoms with van der Waals surface area (Å²) in [5.74, 6) is 0. The first kappa shape index (κ1) is 9.07. The third kappa shape index (κ3) is 2.49. The van der Waals surface area contributed by atoms with E-state index in [1.807, 2.05) is 6.20 Å². The van der Waals surface area contributed by atoms with Gasteiger partial charge in [0.25, 0.3) is 0 Å². The van der Waals surface area contributed by atoms with E-state index < -0.39 is 0 Å². The molecule has 1 N–H and O–H groups in total. The Hall–Kier alpha value is -1.50. The molecule has 0 aliphatic carbocycles. The molecule has 0 spiro atoms. The molecule has 0 aliphatic rings. The van der Waals surface area contributed by atoms with E-state index >= 15 is 0 Å². The van der Waals surface area contributed by atoms with Crippen molar-refractivity contribution in [3.8, 4) is 0 Å². The standard InChI is InChI=1S/C13H15N/c1-2-5-12(6-3-1)7-4-8-13-9-10-14-11-13/h1-3,5-6,9-11,14H,4,7-8H2. The van der Waals surface area contributed by atoms with Crippen LogP contribution in [-0.2, 0) is 12.8 Å². The number of H-pyrrole nitrogens is 1. The monoisotopic (exact) mass is 185 g/mol. The fraction of sp³-hybridized carbons (Fsp3) is 0.231. The Kier molecular flexibility index (Phi) is 3.02. The average molecular weight is 185 g/mol. The van der Waals surface area contributed by atoms with Gasteiger partial charge in [-0.25, -0.2) is 0 Å². The number of aromatic nitrogens is 1. The average Bonchev–Trinajstić information content (AvgIpc) is 2.72. The fourth-order valence-electron chi connectivity index (χ4n) is 1.66. The lowest BCUT2D eigenvalue weighted by atomic mass is 10.1. The molecule has 0 atom stereocenters. The third-order valence-electron chi connectivity index (χ3n) is 2.44. The highest BCUT2D eigenvalue weighted by Gasteiger charge is 1.94. The summed E-state index contributed by atoms with van der Waals surface area (Å²) in [7, 11) is 0. The lowest BCUT2D eigenvalue weighted by Crippen LogP contribution is -1.87. The van der Waals surface area contributed by atoms with Crippen molar-refractivity contribution in [1.82, 2.24) is 4.98 Å². The van der Waals surface area contributed by atoms with Gasteiger partial charge in [-0.2, -0.15) is 0 Å². The van der Waals surface area contributed by atoms with Gasteiger partial charge in [0.2, 0.25) is 0 Å². The molecule has 2 aromatic rings. The summed E-state index contributed by atoms with van der Waals surface area (Å²) < 4.78 is 0. The molecule has 1 heteroatoms. The Bertz CT molecular complexity index is 348. The van der Waals surface area contributed by atoms with Crippen LogP contribution in [0, 0.1) is 0 Å². The van der Waals surface area contributed by atoms with Crippen LogP contribution in [0.3, 0.4) is 0 Å². The largest absolute Gasteiger partial charge is 0.367 e. The number of nitrogens with one attached hydrogen (secondary N) is 1. The second-order valence-corrected chi connectivity index (χ2v) is 3.56. The van der Waals surface area contributed by atoms with Gasteiger partial charge >= 0.3 is 0 Å². The SMILES string of the molecule is c1ccc(CCCc2cc[nH]c2)cc1. The van der Waals surface area contributed by atoms with Crippen molar-refractivity contribution in [2.24, 2.45) is 0 Å². The van der Waals surface area contributed by atoms with Crippen LogP contribution in [0.1, 0.15) is 17.5 Å². The maximum absolute atomic E-state index is 3.08. The van der Waals surface area contributed by atoms with Crippen LogP contribution >= 0.6 is 0 Å². The highest BCUT2D eigenvalue weighted by Crippen LogP contribution is 2.07. The minimum Gasteiger partial charge on any atom is -0.367 e. The van der Waals surface area contributed by atoms with Crippen LogP contribution < -0.4 is 0 Å². The van der Waals surface area contributed by atoms with Crippen molar-refractivity contribution in [2.45, 2.75) is 19.3 Å². The number of hydrogen-bond acceptors (Lipinski definition) is 0. The summed E-state index contributed by atoms with van der Waals surface area (Å²) >= 11 is 0. The van der Waals surface area contributed by atoms with Gasteiger partial charge in [-0.15, -0.1) is 0 Å². The minimum atomic E-state index is 1.17. The maximum atomic E-state index is 3.08. The molecule has 1 aromatic carbocycles. The first-order valence-electron chi connectivity index (χ1n) is 5.11. The molecule has 2 rings (SSSR count). The van der Waals surface area contributed by atoms with E-state index in [0.29, 0.717) is 0 Å². The molecule has 1 nitrogen and oxygen atoms in total. The summed E-state index contributed by atoms with van der Waals surface area (Å²) in [6.07, 6.45) is 7.62. The first-order chi connectivity index (χ1) is 6.95. The maximum Gasteiger partial charge on any atom is 0.00373 e. The zero-order valence-electron chi connectivity index (χ0n) is 8.24. The van der Waals surface area contributed by atoms with Crippen molar-refractivity contribution in [1.29, 1.82) is 0 Å². The molecular formula is C13H15N. The van der Waals surface area contributed by atoms with E-state index in [4.69, 9.17) is 0 Å². The zero-order valence-corrected chi connectivity index (χ0v) is 8.24. The number of benzene rings is 1. The number of hydrogen-bond donors (Lipinski definition) is 1. The Morgan fingerprint density at radius 1 is 0.857 bits per heavy atom. The molecule has 72 valence electrons. The fourth-order valence-corrected chi connectivity index (χ4v) is 1.66. The smallest absolute Gasteiger partial charge is 0.00373 e. The molecule has 0 radical (unpaired) electrons. The van der Waals surface area contributed by atoms with E-state index in [2.05, 4.69) is 47.6 Å². The molecule has 1 aromatic heterocycles. The van der Waals surface area contributed by atoms with Gasteiger partial charge in [-0.3, -0.25) is 0 Å². The zero-order chi connectivity index (χ0) is 9.64. The van der Waals surface area contributed by atoms with Gasteiger partial charge in [-0.1, -0.05) is 30.3 Å². The predicted molar refractivity (Wildman–Crippen MR) is 59.3 cm³/mol. The quantitative estimate of drug-likeness (QED) is 0.753. The van der Waals surface area contributed by atoms with Gasteiger partial charge in [0.15, 0.2) is 0 Å². The minimum absolute atomic E-state index is 1.17. The van der Waals surface area contributed by atoms with Crippen LogP contribution in [0.15, 0.2) is 48.8 Å². The van der Waals surface area contributed by atoms with Gasteiger partial charge in [0.05, 0.1) is 0 Å². The van der Waals surface area contributed by atoms with Crippen molar-refractivity contribution in [3.05, 3.63) is 59.9 Å². The lowest BCUT2D eigenvalue weighted by Gasteiger charge is -1.99. The summed E-state index contributed by atoms with van der Waals surface area (Å²) in [4.78, 5) is 3.08. The van der Waals surface area contributed by atoms with Gasteiger partial charge in [0.1, 0.15) is 0 Å². The van der Waals surface area contributed by atoms with E-state index in [-0.39, 0.29) is 0 Å². The van der Waals surface area contributed by atoms with E-state index in [0.717, 1.165) is 0 Å². The summed E-state index contributed by atoms with van der Waals surface area (Å²) in [5.41, 5.74) is 2.84.